The molecule has 0 aliphatic carbocycles. The maximum Gasteiger partial charge on any atom is 0.225 e. The molecule has 1 aliphatic rings. The van der Waals surface area contributed by atoms with Crippen LogP contribution in [-0.4, -0.2) is 43.6 Å². The number of nitrogens with zero attached hydrogens (tertiary/aromatic N) is 1. The normalized spacial score (nSPS) is 20.9. The van der Waals surface area contributed by atoms with Crippen LogP contribution in [0.25, 0.3) is 0 Å². The van der Waals surface area contributed by atoms with Gasteiger partial charge in [0.1, 0.15) is 6.61 Å². The van der Waals surface area contributed by atoms with Crippen molar-refractivity contribution in [1.29, 1.82) is 0 Å². The highest BCUT2D eigenvalue weighted by Crippen LogP contribution is 2.18. The van der Waals surface area contributed by atoms with Crippen LogP contribution >= 0.6 is 12.4 Å². The van der Waals surface area contributed by atoms with Crippen LogP contribution in [0.1, 0.15) is 19.8 Å². The molecule has 0 spiro atoms. The summed E-state index contributed by atoms with van der Waals surface area (Å²) in [7, 11) is 1.78. The van der Waals surface area contributed by atoms with Gasteiger partial charge >= 0.3 is 0 Å². The number of ether oxygens (including phenoxy) is 1. The molecule has 2 rings (SSSR count). The second-order valence-corrected chi connectivity index (χ2v) is 5.62. The molecule has 1 fully saturated rings. The van der Waals surface area contributed by atoms with Gasteiger partial charge in [-0.15, -0.1) is 12.4 Å². The molecule has 0 radical (unpaired) electrons. The first-order valence-corrected chi connectivity index (χ1v) is 7.43. The van der Waals surface area contributed by atoms with Gasteiger partial charge in [0.25, 0.3) is 0 Å². The lowest BCUT2D eigenvalue weighted by Crippen LogP contribution is -2.43. The first-order chi connectivity index (χ1) is 10.1. The number of carbonyl (C=O) groups is 1. The van der Waals surface area contributed by atoms with Crippen molar-refractivity contribution in [3.05, 3.63) is 30.1 Å². The summed E-state index contributed by atoms with van der Waals surface area (Å²) in [5.41, 5.74) is 0. The summed E-state index contributed by atoms with van der Waals surface area (Å²) in [6, 6.07) is 6.68. The fourth-order valence-electron chi connectivity index (χ4n) is 2.63. The van der Waals surface area contributed by atoms with Crippen molar-refractivity contribution in [2.75, 3.05) is 26.7 Å². The van der Waals surface area contributed by atoms with Crippen molar-refractivity contribution in [1.82, 2.24) is 10.2 Å². The van der Waals surface area contributed by atoms with Crippen LogP contribution in [0.2, 0.25) is 0 Å². The van der Waals surface area contributed by atoms with Gasteiger partial charge in [-0.05, 0) is 38.4 Å². The smallest absolute Gasteiger partial charge is 0.225 e. The Morgan fingerprint density at radius 3 is 2.86 bits per heavy atom. The highest BCUT2D eigenvalue weighted by atomic mass is 35.5. The summed E-state index contributed by atoms with van der Waals surface area (Å²) in [5.74, 6) is 0.0905. The van der Waals surface area contributed by atoms with Crippen LogP contribution in [0.5, 0.6) is 5.75 Å². The Morgan fingerprint density at radius 1 is 1.45 bits per heavy atom. The van der Waals surface area contributed by atoms with Gasteiger partial charge in [0.15, 0.2) is 11.6 Å². The fourth-order valence-corrected chi connectivity index (χ4v) is 2.63. The molecule has 0 unspecified atom stereocenters. The maximum absolute atomic E-state index is 13.4. The molecule has 124 valence electrons. The van der Waals surface area contributed by atoms with Gasteiger partial charge in [-0.25, -0.2) is 4.39 Å². The average Bonchev–Trinajstić information content (AvgIpc) is 2.48. The number of benzene rings is 1. The minimum atomic E-state index is -0.376. The number of hydrogen-bond donors (Lipinski definition) is 1. The predicted molar refractivity (Wildman–Crippen MR) is 87.0 cm³/mol. The molecule has 1 amide bonds. The number of halogens is 2. The molecule has 1 heterocycles. The molecule has 1 N–H and O–H groups in total. The molecule has 1 aromatic rings. The van der Waals surface area contributed by atoms with Gasteiger partial charge in [0, 0.05) is 19.0 Å². The lowest BCUT2D eigenvalue weighted by molar-refractivity contribution is -0.135. The van der Waals surface area contributed by atoms with Crippen molar-refractivity contribution in [3.8, 4) is 5.75 Å². The van der Waals surface area contributed by atoms with Crippen LogP contribution in [0, 0.1) is 11.7 Å². The van der Waals surface area contributed by atoms with Gasteiger partial charge in [0.05, 0.1) is 6.54 Å². The van der Waals surface area contributed by atoms with Crippen molar-refractivity contribution in [2.24, 2.45) is 5.92 Å². The summed E-state index contributed by atoms with van der Waals surface area (Å²) >= 11 is 0. The van der Waals surface area contributed by atoms with E-state index in [1.165, 1.54) is 6.07 Å². The Morgan fingerprint density at radius 2 is 2.18 bits per heavy atom. The molecule has 22 heavy (non-hydrogen) atoms. The third-order valence-electron chi connectivity index (χ3n) is 3.87. The molecule has 0 bridgehead atoms. The highest BCUT2D eigenvalue weighted by Gasteiger charge is 2.26. The van der Waals surface area contributed by atoms with E-state index >= 15 is 0 Å². The zero-order chi connectivity index (χ0) is 15.2. The van der Waals surface area contributed by atoms with Gasteiger partial charge in [-0.2, -0.15) is 0 Å². The molecule has 6 heteroatoms. The Balaban J connectivity index is 0.00000242. The van der Waals surface area contributed by atoms with Crippen LogP contribution in [0.15, 0.2) is 24.3 Å². The number of para-hydroxylation sites is 1. The van der Waals surface area contributed by atoms with E-state index in [2.05, 4.69) is 12.2 Å². The number of likely N-dealkylation sites (N-methyl/N-ethyl adjacent to an activating group) is 1. The minimum Gasteiger partial charge on any atom is -0.489 e. The number of hydrogen-bond acceptors (Lipinski definition) is 3. The summed E-state index contributed by atoms with van der Waals surface area (Å²) in [6.07, 6.45) is 1.75. The Bertz CT molecular complexity index is 487. The third-order valence-corrected chi connectivity index (χ3v) is 3.87. The molecule has 0 aromatic heterocycles. The second-order valence-electron chi connectivity index (χ2n) is 5.62. The number of carbonyl (C=O) groups excluding carboxylic acids is 1. The van der Waals surface area contributed by atoms with E-state index in [0.717, 1.165) is 19.4 Å². The van der Waals surface area contributed by atoms with E-state index in [1.807, 2.05) is 0 Å². The van der Waals surface area contributed by atoms with Gasteiger partial charge in [-0.3, -0.25) is 4.79 Å². The zero-order valence-corrected chi connectivity index (χ0v) is 13.9. The monoisotopic (exact) mass is 330 g/mol. The van der Waals surface area contributed by atoms with Gasteiger partial charge < -0.3 is 15.0 Å². The molecule has 1 aromatic carbocycles. The Kier molecular flexibility index (Phi) is 7.62. The number of piperidine rings is 1. The standard InChI is InChI=1S/C16H23FN2O2.ClH/c1-12-11-13(7-8-18-12)16(20)19(2)9-10-21-15-6-4-3-5-14(15)17;/h3-6,12-13,18H,7-11H2,1-2H3;1H/t12-,13-;/m0./s1. The summed E-state index contributed by atoms with van der Waals surface area (Å²) in [5, 5.41) is 3.34. The average molecular weight is 331 g/mol. The fraction of sp³-hybridized carbons (Fsp3) is 0.562. The number of amides is 1. The largest absolute Gasteiger partial charge is 0.489 e. The molecule has 1 aliphatic heterocycles. The second kappa shape index (κ2) is 8.96. The number of nitrogens with one attached hydrogen (secondary N) is 1. The molecular formula is C16H24ClFN2O2. The van der Waals surface area contributed by atoms with Crippen LogP contribution < -0.4 is 10.1 Å². The summed E-state index contributed by atoms with van der Waals surface area (Å²) in [4.78, 5) is 14.0. The highest BCUT2D eigenvalue weighted by molar-refractivity contribution is 5.85. The molecule has 0 saturated carbocycles. The van der Waals surface area contributed by atoms with E-state index in [-0.39, 0.29) is 35.8 Å². The SMILES string of the molecule is C[C@H]1C[C@@H](C(=O)N(C)CCOc2ccccc2F)CCN1.Cl. The van der Waals surface area contributed by atoms with Crippen LogP contribution in [-0.2, 0) is 4.79 Å². The van der Waals surface area contributed by atoms with E-state index in [0.29, 0.717) is 19.2 Å². The Labute approximate surface area is 137 Å². The first-order valence-electron chi connectivity index (χ1n) is 7.43. The maximum atomic E-state index is 13.4. The molecule has 4 nitrogen and oxygen atoms in total. The first kappa shape index (κ1) is 18.7. The topological polar surface area (TPSA) is 41.6 Å². The van der Waals surface area contributed by atoms with Crippen molar-refractivity contribution >= 4 is 18.3 Å². The Hall–Kier alpha value is -1.33. The predicted octanol–water partition coefficient (Wildman–Crippen LogP) is 2.47. The number of rotatable bonds is 5. The molecule has 1 saturated heterocycles. The van der Waals surface area contributed by atoms with E-state index in [9.17, 15) is 9.18 Å². The van der Waals surface area contributed by atoms with Crippen LogP contribution in [0.3, 0.4) is 0 Å². The van der Waals surface area contributed by atoms with Crippen molar-refractivity contribution in [2.45, 2.75) is 25.8 Å². The minimum absolute atomic E-state index is 0. The van der Waals surface area contributed by atoms with E-state index < -0.39 is 0 Å². The quantitative estimate of drug-likeness (QED) is 0.901. The zero-order valence-electron chi connectivity index (χ0n) is 13.0. The van der Waals surface area contributed by atoms with E-state index in [4.69, 9.17) is 4.74 Å². The lowest BCUT2D eigenvalue weighted by Gasteiger charge is -2.30. The van der Waals surface area contributed by atoms with Crippen LogP contribution in [0.4, 0.5) is 4.39 Å². The van der Waals surface area contributed by atoms with Gasteiger partial charge in [0.2, 0.25) is 5.91 Å². The lowest BCUT2D eigenvalue weighted by atomic mass is 9.92. The van der Waals surface area contributed by atoms with Gasteiger partial charge in [-0.1, -0.05) is 12.1 Å². The molecular weight excluding hydrogens is 307 g/mol. The third kappa shape index (κ3) is 5.14. The molecule has 2 atom stereocenters. The summed E-state index contributed by atoms with van der Waals surface area (Å²) in [6.45, 7) is 3.74. The van der Waals surface area contributed by atoms with Crippen molar-refractivity contribution < 1.29 is 13.9 Å². The van der Waals surface area contributed by atoms with Crippen molar-refractivity contribution in [3.63, 3.8) is 0 Å². The summed E-state index contributed by atoms with van der Waals surface area (Å²) < 4.78 is 18.8. The van der Waals surface area contributed by atoms with E-state index in [1.54, 1.807) is 30.1 Å².